The van der Waals surface area contributed by atoms with Gasteiger partial charge in [-0.2, -0.15) is 0 Å². The van der Waals surface area contributed by atoms with Crippen LogP contribution in [0.4, 0.5) is 10.5 Å². The van der Waals surface area contributed by atoms with Crippen LogP contribution in [0.5, 0.6) is 11.5 Å². The van der Waals surface area contributed by atoms with Gasteiger partial charge in [-0.15, -0.1) is 0 Å². The van der Waals surface area contributed by atoms with Crippen LogP contribution in [0.25, 0.3) is 0 Å². The summed E-state index contributed by atoms with van der Waals surface area (Å²) in [6, 6.07) is 7.36. The van der Waals surface area contributed by atoms with Gasteiger partial charge in [0.15, 0.2) is 0 Å². The van der Waals surface area contributed by atoms with Crippen LogP contribution in [0.1, 0.15) is 10.4 Å². The lowest BCUT2D eigenvalue weighted by Gasteiger charge is -2.11. The molecule has 0 atom stereocenters. The molecular weight excluding hydrogens is 300 g/mol. The van der Waals surface area contributed by atoms with Gasteiger partial charge < -0.3 is 14.8 Å². The average Bonchev–Trinajstić information content (AvgIpc) is 2.60. The number of carbonyl (C=O) groups excluding carboxylic acids is 2. The van der Waals surface area contributed by atoms with Crippen LogP contribution in [0, 0.1) is 0 Å². The molecule has 0 aliphatic rings. The Labute approximate surface area is 132 Å². The minimum absolute atomic E-state index is 0.378. The molecule has 0 saturated carbocycles. The highest BCUT2D eigenvalue weighted by molar-refractivity contribution is 5.97. The van der Waals surface area contributed by atoms with Crippen molar-refractivity contribution >= 4 is 17.6 Å². The predicted molar refractivity (Wildman–Crippen MR) is 83.4 cm³/mol. The molecule has 0 unspecified atom stereocenters. The minimum atomic E-state index is -0.609. The van der Waals surface area contributed by atoms with Gasteiger partial charge in [-0.25, -0.2) is 10.2 Å². The Bertz CT molecular complexity index is 669. The van der Waals surface area contributed by atoms with Crippen molar-refractivity contribution < 1.29 is 19.1 Å². The first-order valence-corrected chi connectivity index (χ1v) is 6.63. The summed E-state index contributed by atoms with van der Waals surface area (Å²) in [6.45, 7) is 0. The number of nitrogens with one attached hydrogen (secondary N) is 3. The van der Waals surface area contributed by atoms with Crippen LogP contribution in [0.15, 0.2) is 42.7 Å². The largest absolute Gasteiger partial charge is 0.497 e. The number of urea groups is 1. The Morgan fingerprint density at radius 1 is 0.957 bits per heavy atom. The monoisotopic (exact) mass is 316 g/mol. The van der Waals surface area contributed by atoms with E-state index in [9.17, 15) is 9.59 Å². The first-order valence-electron chi connectivity index (χ1n) is 6.63. The van der Waals surface area contributed by atoms with Gasteiger partial charge in [0.1, 0.15) is 11.5 Å². The van der Waals surface area contributed by atoms with Crippen LogP contribution in [-0.4, -0.2) is 31.1 Å². The molecule has 1 aromatic carbocycles. The Kier molecular flexibility index (Phi) is 5.35. The molecule has 0 aliphatic heterocycles. The fourth-order valence-electron chi connectivity index (χ4n) is 1.73. The van der Waals surface area contributed by atoms with E-state index in [1.807, 2.05) is 0 Å². The van der Waals surface area contributed by atoms with E-state index in [1.165, 1.54) is 38.7 Å². The number of aromatic nitrogens is 1. The third-order valence-electron chi connectivity index (χ3n) is 2.84. The van der Waals surface area contributed by atoms with E-state index < -0.39 is 11.9 Å². The highest BCUT2D eigenvalue weighted by atomic mass is 16.5. The number of ether oxygens (including phenoxy) is 2. The van der Waals surface area contributed by atoms with Crippen molar-refractivity contribution in [1.29, 1.82) is 0 Å². The number of benzene rings is 1. The van der Waals surface area contributed by atoms with Gasteiger partial charge in [-0.1, -0.05) is 0 Å². The molecule has 8 heteroatoms. The second-order valence-corrected chi connectivity index (χ2v) is 4.37. The number of carbonyl (C=O) groups is 2. The zero-order valence-electron chi connectivity index (χ0n) is 12.6. The first-order chi connectivity index (χ1) is 11.1. The summed E-state index contributed by atoms with van der Waals surface area (Å²) in [5, 5.41) is 2.56. The summed E-state index contributed by atoms with van der Waals surface area (Å²) in [4.78, 5) is 27.4. The lowest BCUT2D eigenvalue weighted by Crippen LogP contribution is -2.43. The number of nitrogens with zero attached hydrogens (tertiary/aromatic N) is 1. The third kappa shape index (κ3) is 4.60. The molecule has 120 valence electrons. The molecule has 3 amide bonds. The van der Waals surface area contributed by atoms with Crippen LogP contribution in [0.3, 0.4) is 0 Å². The second kappa shape index (κ2) is 7.64. The van der Waals surface area contributed by atoms with Gasteiger partial charge in [-0.3, -0.25) is 15.2 Å². The quantitative estimate of drug-likeness (QED) is 0.743. The van der Waals surface area contributed by atoms with Crippen LogP contribution >= 0.6 is 0 Å². The molecule has 0 aliphatic carbocycles. The third-order valence-corrected chi connectivity index (χ3v) is 2.84. The van der Waals surface area contributed by atoms with E-state index in [-0.39, 0.29) is 0 Å². The number of hydrazine groups is 1. The van der Waals surface area contributed by atoms with Crippen molar-refractivity contribution in [3.63, 3.8) is 0 Å². The van der Waals surface area contributed by atoms with Crippen molar-refractivity contribution in [3.8, 4) is 11.5 Å². The van der Waals surface area contributed by atoms with Crippen LogP contribution < -0.4 is 25.6 Å². The normalized spacial score (nSPS) is 9.65. The first kappa shape index (κ1) is 16.1. The van der Waals surface area contributed by atoms with Gasteiger partial charge in [-0.05, 0) is 12.1 Å². The fourth-order valence-corrected chi connectivity index (χ4v) is 1.73. The number of pyridine rings is 1. The van der Waals surface area contributed by atoms with Crippen LogP contribution in [0.2, 0.25) is 0 Å². The molecule has 2 aromatic rings. The molecule has 0 fully saturated rings. The summed E-state index contributed by atoms with van der Waals surface area (Å²) in [5.74, 6) is 0.603. The van der Waals surface area contributed by atoms with Crippen molar-refractivity contribution in [3.05, 3.63) is 48.3 Å². The molecule has 3 N–H and O–H groups in total. The lowest BCUT2D eigenvalue weighted by molar-refractivity contribution is 0.0938. The zero-order valence-corrected chi connectivity index (χ0v) is 12.6. The molecule has 1 aromatic heterocycles. The van der Waals surface area contributed by atoms with E-state index in [0.29, 0.717) is 22.7 Å². The lowest BCUT2D eigenvalue weighted by atomic mass is 10.2. The molecule has 23 heavy (non-hydrogen) atoms. The molecular formula is C15H16N4O4. The minimum Gasteiger partial charge on any atom is -0.497 e. The Morgan fingerprint density at radius 3 is 2.13 bits per heavy atom. The standard InChI is InChI=1S/C15H16N4O4/c1-22-12-7-11(8-13(9-12)23-2)17-15(21)19-18-14(20)10-3-5-16-6-4-10/h3-9H,1-2H3,(H,18,20)(H2,17,19,21). The summed E-state index contributed by atoms with van der Waals surface area (Å²) < 4.78 is 10.2. The van der Waals surface area contributed by atoms with Gasteiger partial charge in [0.2, 0.25) is 0 Å². The Morgan fingerprint density at radius 2 is 1.57 bits per heavy atom. The van der Waals surface area contributed by atoms with Gasteiger partial charge in [0.25, 0.3) is 5.91 Å². The van der Waals surface area contributed by atoms with E-state index in [4.69, 9.17) is 9.47 Å². The average molecular weight is 316 g/mol. The smallest absolute Gasteiger partial charge is 0.337 e. The summed E-state index contributed by atoms with van der Waals surface area (Å²) in [7, 11) is 3.02. The number of hydrogen-bond donors (Lipinski definition) is 3. The van der Waals surface area contributed by atoms with E-state index in [2.05, 4.69) is 21.2 Å². The summed E-state index contributed by atoms with van der Waals surface area (Å²) >= 11 is 0. The van der Waals surface area contributed by atoms with E-state index >= 15 is 0 Å². The molecule has 2 rings (SSSR count). The maximum Gasteiger partial charge on any atom is 0.337 e. The van der Waals surface area contributed by atoms with Gasteiger partial charge >= 0.3 is 6.03 Å². The maximum atomic E-state index is 11.8. The van der Waals surface area contributed by atoms with Gasteiger partial charge in [0, 0.05) is 41.8 Å². The molecule has 0 radical (unpaired) electrons. The number of methoxy groups -OCH3 is 2. The fraction of sp³-hybridized carbons (Fsp3) is 0.133. The van der Waals surface area contributed by atoms with Crippen molar-refractivity contribution in [1.82, 2.24) is 15.8 Å². The molecule has 8 nitrogen and oxygen atoms in total. The Balaban J connectivity index is 1.93. The molecule has 0 spiro atoms. The van der Waals surface area contributed by atoms with Crippen molar-refractivity contribution in [2.24, 2.45) is 0 Å². The zero-order chi connectivity index (χ0) is 16.7. The summed E-state index contributed by atoms with van der Waals surface area (Å²) in [5.41, 5.74) is 5.37. The number of anilines is 1. The highest BCUT2D eigenvalue weighted by Crippen LogP contribution is 2.25. The number of hydrogen-bond acceptors (Lipinski definition) is 5. The molecule has 0 saturated heterocycles. The van der Waals surface area contributed by atoms with Crippen molar-refractivity contribution in [2.75, 3.05) is 19.5 Å². The molecule has 0 bridgehead atoms. The second-order valence-electron chi connectivity index (χ2n) is 4.37. The molecule has 1 heterocycles. The maximum absolute atomic E-state index is 11.8. The van der Waals surface area contributed by atoms with E-state index in [0.717, 1.165) is 0 Å². The topological polar surface area (TPSA) is 102 Å². The SMILES string of the molecule is COc1cc(NC(=O)NNC(=O)c2ccncc2)cc(OC)c1. The predicted octanol–water partition coefficient (Wildman–Crippen LogP) is 1.57. The highest BCUT2D eigenvalue weighted by Gasteiger charge is 2.08. The number of rotatable bonds is 4. The van der Waals surface area contributed by atoms with Crippen LogP contribution in [-0.2, 0) is 0 Å². The van der Waals surface area contributed by atoms with E-state index in [1.54, 1.807) is 18.2 Å². The number of amides is 3. The van der Waals surface area contributed by atoms with Gasteiger partial charge in [0.05, 0.1) is 14.2 Å². The van der Waals surface area contributed by atoms with Crippen molar-refractivity contribution in [2.45, 2.75) is 0 Å². The Hall–Kier alpha value is -3.29. The summed E-state index contributed by atoms with van der Waals surface area (Å²) in [6.07, 6.45) is 2.97.